The maximum absolute atomic E-state index is 12.9. The Labute approximate surface area is 109 Å². The number of carbonyl (C=O) groups excluding carboxylic acids is 1. The van der Waals surface area contributed by atoms with E-state index in [1.54, 1.807) is 30.3 Å². The van der Waals surface area contributed by atoms with Gasteiger partial charge in [-0.15, -0.1) is 0 Å². The van der Waals surface area contributed by atoms with Gasteiger partial charge in [0.25, 0.3) is 0 Å². The van der Waals surface area contributed by atoms with Crippen LogP contribution in [0.15, 0.2) is 42.5 Å². The van der Waals surface area contributed by atoms with Crippen molar-refractivity contribution in [1.82, 2.24) is 0 Å². The van der Waals surface area contributed by atoms with E-state index < -0.39 is 12.1 Å². The van der Waals surface area contributed by atoms with Crippen molar-refractivity contribution in [1.29, 1.82) is 0 Å². The third-order valence-electron chi connectivity index (χ3n) is 3.20. The highest BCUT2D eigenvalue weighted by Crippen LogP contribution is 2.36. The van der Waals surface area contributed by atoms with E-state index in [1.165, 1.54) is 12.1 Å². The number of hydrogen-bond acceptors (Lipinski definition) is 3. The predicted octanol–water partition coefficient (Wildman–Crippen LogP) is 2.58. The van der Waals surface area contributed by atoms with Crippen LogP contribution in [0.4, 0.5) is 4.39 Å². The lowest BCUT2D eigenvalue weighted by atomic mass is 9.98. The Bertz CT molecular complexity index is 634. The first-order valence-electron chi connectivity index (χ1n) is 5.89. The van der Waals surface area contributed by atoms with Crippen LogP contribution in [0.2, 0.25) is 0 Å². The Balaban J connectivity index is 2.04. The highest BCUT2D eigenvalue weighted by molar-refractivity contribution is 5.94. The average Bonchev–Trinajstić information content (AvgIpc) is 2.76. The molecule has 0 spiro atoms. The first-order chi connectivity index (χ1) is 9.19. The lowest BCUT2D eigenvalue weighted by molar-refractivity contribution is 0.0455. The number of ether oxygens (including phenoxy) is 1. The maximum atomic E-state index is 12.9. The van der Waals surface area contributed by atoms with Crippen molar-refractivity contribution in [3.63, 3.8) is 0 Å². The molecule has 0 fully saturated rings. The number of hydrogen-bond donors (Lipinski definition) is 1. The van der Waals surface area contributed by atoms with Crippen LogP contribution in [-0.4, -0.2) is 11.1 Å². The summed E-state index contributed by atoms with van der Waals surface area (Å²) < 4.78 is 18.2. The van der Waals surface area contributed by atoms with Gasteiger partial charge in [0.1, 0.15) is 5.82 Å². The predicted molar refractivity (Wildman–Crippen MR) is 66.0 cm³/mol. The van der Waals surface area contributed by atoms with E-state index >= 15 is 0 Å². The fourth-order valence-corrected chi connectivity index (χ4v) is 2.23. The van der Waals surface area contributed by atoms with Crippen molar-refractivity contribution >= 4 is 5.97 Å². The molecule has 96 valence electrons. The minimum atomic E-state index is -0.504. The smallest absolute Gasteiger partial charge is 0.339 e. The quantitative estimate of drug-likeness (QED) is 0.842. The van der Waals surface area contributed by atoms with Crippen molar-refractivity contribution in [3.05, 3.63) is 70.5 Å². The second-order valence-corrected chi connectivity index (χ2v) is 4.42. The van der Waals surface area contributed by atoms with Crippen molar-refractivity contribution < 1.29 is 19.0 Å². The molecule has 1 aliphatic heterocycles. The summed E-state index contributed by atoms with van der Waals surface area (Å²) in [6.45, 7) is -0.123. The summed E-state index contributed by atoms with van der Waals surface area (Å²) in [4.78, 5) is 11.8. The number of fused-ring (bicyclic) bond motifs is 1. The summed E-state index contributed by atoms with van der Waals surface area (Å²) in [6.07, 6.45) is -0.504. The molecule has 0 amide bonds. The zero-order valence-corrected chi connectivity index (χ0v) is 9.97. The van der Waals surface area contributed by atoms with Gasteiger partial charge in [0.05, 0.1) is 12.2 Å². The molecule has 19 heavy (non-hydrogen) atoms. The number of cyclic esters (lactones) is 1. The van der Waals surface area contributed by atoms with Crippen molar-refractivity contribution in [2.75, 3.05) is 0 Å². The van der Waals surface area contributed by atoms with Gasteiger partial charge in [-0.1, -0.05) is 24.3 Å². The second kappa shape index (κ2) is 4.48. The van der Waals surface area contributed by atoms with Gasteiger partial charge in [-0.05, 0) is 29.3 Å². The van der Waals surface area contributed by atoms with Crippen LogP contribution < -0.4 is 0 Å². The molecule has 0 aliphatic carbocycles. The van der Waals surface area contributed by atoms with Gasteiger partial charge in [0.2, 0.25) is 0 Å². The minimum Gasteiger partial charge on any atom is -0.449 e. The number of aliphatic hydroxyl groups is 1. The number of esters is 1. The van der Waals surface area contributed by atoms with Crippen LogP contribution >= 0.6 is 0 Å². The lowest BCUT2D eigenvalue weighted by Crippen LogP contribution is -2.00. The summed E-state index contributed by atoms with van der Waals surface area (Å²) in [5.41, 5.74) is 2.59. The van der Waals surface area contributed by atoms with Gasteiger partial charge in [-0.2, -0.15) is 0 Å². The Morgan fingerprint density at radius 3 is 2.58 bits per heavy atom. The first kappa shape index (κ1) is 11.9. The minimum absolute atomic E-state index is 0.123. The Morgan fingerprint density at radius 2 is 1.89 bits per heavy atom. The molecule has 0 saturated carbocycles. The lowest BCUT2D eigenvalue weighted by Gasteiger charge is -2.11. The molecule has 1 unspecified atom stereocenters. The molecule has 0 bridgehead atoms. The van der Waals surface area contributed by atoms with E-state index in [-0.39, 0.29) is 12.4 Å². The van der Waals surface area contributed by atoms with E-state index in [4.69, 9.17) is 9.84 Å². The van der Waals surface area contributed by atoms with Gasteiger partial charge >= 0.3 is 5.97 Å². The SMILES string of the molecule is O=C1OC(c2ccc(F)cc2)c2ccc(CO)cc21. The molecular formula is C15H11FO3. The fraction of sp³-hybridized carbons (Fsp3) is 0.133. The van der Waals surface area contributed by atoms with Gasteiger partial charge < -0.3 is 9.84 Å². The van der Waals surface area contributed by atoms with E-state index in [9.17, 15) is 9.18 Å². The molecule has 2 aromatic carbocycles. The van der Waals surface area contributed by atoms with E-state index in [0.717, 1.165) is 11.1 Å². The highest BCUT2D eigenvalue weighted by atomic mass is 19.1. The Morgan fingerprint density at radius 1 is 1.16 bits per heavy atom. The molecule has 3 nitrogen and oxygen atoms in total. The standard InChI is InChI=1S/C15H11FO3/c16-11-4-2-10(3-5-11)14-12-6-1-9(8-17)7-13(12)15(18)19-14/h1-7,14,17H,8H2. The third kappa shape index (κ3) is 2.00. The van der Waals surface area contributed by atoms with Crippen molar-refractivity contribution in [2.24, 2.45) is 0 Å². The van der Waals surface area contributed by atoms with E-state index in [0.29, 0.717) is 11.1 Å². The van der Waals surface area contributed by atoms with Crippen LogP contribution in [-0.2, 0) is 11.3 Å². The van der Waals surface area contributed by atoms with Crippen molar-refractivity contribution in [3.8, 4) is 0 Å². The van der Waals surface area contributed by atoms with Crippen LogP contribution in [0.1, 0.15) is 33.2 Å². The molecule has 0 aromatic heterocycles. The fourth-order valence-electron chi connectivity index (χ4n) is 2.23. The summed E-state index contributed by atoms with van der Waals surface area (Å²) in [5, 5.41) is 9.07. The molecule has 1 heterocycles. The molecule has 4 heteroatoms. The van der Waals surface area contributed by atoms with E-state index in [2.05, 4.69) is 0 Å². The molecule has 2 aromatic rings. The van der Waals surface area contributed by atoms with E-state index in [1.807, 2.05) is 0 Å². The Kier molecular flexibility index (Phi) is 2.80. The van der Waals surface area contributed by atoms with Crippen LogP contribution in [0.5, 0.6) is 0 Å². The molecule has 0 saturated heterocycles. The second-order valence-electron chi connectivity index (χ2n) is 4.42. The number of aliphatic hydroxyl groups excluding tert-OH is 1. The molecule has 1 N–H and O–H groups in total. The van der Waals surface area contributed by atoms with Crippen LogP contribution in [0.25, 0.3) is 0 Å². The summed E-state index contributed by atoms with van der Waals surface area (Å²) in [6, 6.07) is 11.0. The normalized spacial score (nSPS) is 17.2. The maximum Gasteiger partial charge on any atom is 0.339 e. The van der Waals surface area contributed by atoms with Crippen LogP contribution in [0.3, 0.4) is 0 Å². The topological polar surface area (TPSA) is 46.5 Å². The number of benzene rings is 2. The summed E-state index contributed by atoms with van der Waals surface area (Å²) >= 11 is 0. The largest absolute Gasteiger partial charge is 0.449 e. The van der Waals surface area contributed by atoms with Gasteiger partial charge in [-0.25, -0.2) is 9.18 Å². The number of rotatable bonds is 2. The summed E-state index contributed by atoms with van der Waals surface area (Å²) in [7, 11) is 0. The molecular weight excluding hydrogens is 247 g/mol. The first-order valence-corrected chi connectivity index (χ1v) is 5.89. The molecule has 1 atom stereocenters. The zero-order chi connectivity index (χ0) is 13.4. The number of halogens is 1. The van der Waals surface area contributed by atoms with Gasteiger partial charge in [-0.3, -0.25) is 0 Å². The molecule has 3 rings (SSSR count). The Hall–Kier alpha value is -2.20. The zero-order valence-electron chi connectivity index (χ0n) is 9.97. The average molecular weight is 258 g/mol. The highest BCUT2D eigenvalue weighted by Gasteiger charge is 2.32. The monoisotopic (exact) mass is 258 g/mol. The van der Waals surface area contributed by atoms with Crippen molar-refractivity contribution in [2.45, 2.75) is 12.7 Å². The van der Waals surface area contributed by atoms with Crippen LogP contribution in [0, 0.1) is 5.82 Å². The van der Waals surface area contributed by atoms with Gasteiger partial charge in [0.15, 0.2) is 6.10 Å². The molecule has 0 radical (unpaired) electrons. The molecule has 1 aliphatic rings. The summed E-state index contributed by atoms with van der Waals surface area (Å²) in [5.74, 6) is -0.747. The third-order valence-corrected chi connectivity index (χ3v) is 3.20. The van der Waals surface area contributed by atoms with Gasteiger partial charge in [0, 0.05) is 5.56 Å². The number of carbonyl (C=O) groups is 1.